The Kier molecular flexibility index (Phi) is 4.19. The first-order chi connectivity index (χ1) is 8.61. The highest BCUT2D eigenvalue weighted by Crippen LogP contribution is 2.18. The summed E-state index contributed by atoms with van der Waals surface area (Å²) in [7, 11) is 3.56. The van der Waals surface area contributed by atoms with Crippen molar-refractivity contribution in [1.82, 2.24) is 15.1 Å². The molecule has 2 rings (SSSR count). The van der Waals surface area contributed by atoms with Gasteiger partial charge in [-0.15, -0.1) is 0 Å². The van der Waals surface area contributed by atoms with Gasteiger partial charge in [-0.3, -0.25) is 9.59 Å². The minimum absolute atomic E-state index is 0.00660. The standard InChI is InChI=1S/C12H21N3O3/c1-13-10(9-3-4-18-8-9)5-15-7-11(16)14(2)6-12(15)17/h9-10,13H,3-8H2,1-2H3. The molecule has 102 valence electrons. The number of carbonyl (C=O) groups is 2. The highest BCUT2D eigenvalue weighted by Gasteiger charge is 2.32. The average molecular weight is 255 g/mol. The molecule has 0 aromatic carbocycles. The van der Waals surface area contributed by atoms with Gasteiger partial charge in [-0.25, -0.2) is 0 Å². The Labute approximate surface area is 107 Å². The lowest BCUT2D eigenvalue weighted by atomic mass is 9.98. The molecule has 2 fully saturated rings. The van der Waals surface area contributed by atoms with Gasteiger partial charge >= 0.3 is 0 Å². The molecule has 2 aliphatic rings. The molecule has 0 radical (unpaired) electrons. The Hall–Kier alpha value is -1.14. The minimum Gasteiger partial charge on any atom is -0.381 e. The molecule has 2 aliphatic heterocycles. The molecule has 0 aromatic heterocycles. The Balaban J connectivity index is 1.94. The summed E-state index contributed by atoms with van der Waals surface area (Å²) in [4.78, 5) is 26.7. The summed E-state index contributed by atoms with van der Waals surface area (Å²) in [5.74, 6) is 0.459. The summed E-state index contributed by atoms with van der Waals surface area (Å²) < 4.78 is 5.38. The van der Waals surface area contributed by atoms with Crippen LogP contribution in [0.15, 0.2) is 0 Å². The van der Waals surface area contributed by atoms with Crippen molar-refractivity contribution >= 4 is 11.8 Å². The fraction of sp³-hybridized carbons (Fsp3) is 0.833. The van der Waals surface area contributed by atoms with Crippen molar-refractivity contribution in [2.75, 3.05) is 46.9 Å². The molecule has 2 atom stereocenters. The number of nitrogens with one attached hydrogen (secondary N) is 1. The zero-order chi connectivity index (χ0) is 13.1. The molecule has 0 spiro atoms. The molecule has 2 saturated heterocycles. The van der Waals surface area contributed by atoms with E-state index in [1.807, 2.05) is 7.05 Å². The molecule has 0 aromatic rings. The van der Waals surface area contributed by atoms with E-state index in [0.717, 1.165) is 19.6 Å². The van der Waals surface area contributed by atoms with Gasteiger partial charge in [0, 0.05) is 32.2 Å². The zero-order valence-corrected chi connectivity index (χ0v) is 11.0. The maximum absolute atomic E-state index is 11.9. The number of nitrogens with zero attached hydrogens (tertiary/aromatic N) is 2. The number of likely N-dealkylation sites (N-methyl/N-ethyl adjacent to an activating group) is 2. The Bertz CT molecular complexity index is 329. The predicted octanol–water partition coefficient (Wildman–Crippen LogP) is -1.09. The summed E-state index contributed by atoms with van der Waals surface area (Å²) >= 11 is 0. The third kappa shape index (κ3) is 2.81. The normalized spacial score (nSPS) is 26.9. The van der Waals surface area contributed by atoms with E-state index in [1.54, 1.807) is 11.9 Å². The Morgan fingerprint density at radius 2 is 2.17 bits per heavy atom. The summed E-state index contributed by atoms with van der Waals surface area (Å²) in [5, 5.41) is 3.24. The lowest BCUT2D eigenvalue weighted by Crippen LogP contribution is -2.56. The third-order valence-electron chi connectivity index (χ3n) is 3.80. The van der Waals surface area contributed by atoms with Gasteiger partial charge in [0.15, 0.2) is 0 Å². The second-order valence-electron chi connectivity index (χ2n) is 5.04. The Morgan fingerprint density at radius 1 is 1.39 bits per heavy atom. The van der Waals surface area contributed by atoms with Crippen molar-refractivity contribution in [3.8, 4) is 0 Å². The summed E-state index contributed by atoms with van der Waals surface area (Å²) in [6, 6.07) is 0.202. The van der Waals surface area contributed by atoms with Gasteiger partial charge in [-0.1, -0.05) is 0 Å². The van der Waals surface area contributed by atoms with Crippen LogP contribution in [0.2, 0.25) is 0 Å². The molecule has 0 saturated carbocycles. The van der Waals surface area contributed by atoms with E-state index >= 15 is 0 Å². The fourth-order valence-corrected chi connectivity index (χ4v) is 2.51. The molecule has 0 bridgehead atoms. The van der Waals surface area contributed by atoms with E-state index in [1.165, 1.54) is 4.90 Å². The van der Waals surface area contributed by atoms with Gasteiger partial charge in [0.05, 0.1) is 19.7 Å². The lowest BCUT2D eigenvalue weighted by molar-refractivity contribution is -0.149. The quantitative estimate of drug-likeness (QED) is 0.693. The molecule has 18 heavy (non-hydrogen) atoms. The van der Waals surface area contributed by atoms with E-state index in [9.17, 15) is 9.59 Å². The van der Waals surface area contributed by atoms with Gasteiger partial charge in [0.2, 0.25) is 11.8 Å². The van der Waals surface area contributed by atoms with Gasteiger partial charge < -0.3 is 19.9 Å². The van der Waals surface area contributed by atoms with Crippen molar-refractivity contribution in [3.63, 3.8) is 0 Å². The van der Waals surface area contributed by atoms with Crippen LogP contribution in [0.4, 0.5) is 0 Å². The molecule has 2 amide bonds. The fourth-order valence-electron chi connectivity index (χ4n) is 2.51. The largest absolute Gasteiger partial charge is 0.381 e. The predicted molar refractivity (Wildman–Crippen MR) is 66.0 cm³/mol. The van der Waals surface area contributed by atoms with E-state index < -0.39 is 0 Å². The van der Waals surface area contributed by atoms with Crippen molar-refractivity contribution in [2.45, 2.75) is 12.5 Å². The number of piperazine rings is 1. The van der Waals surface area contributed by atoms with Crippen LogP contribution in [0.25, 0.3) is 0 Å². The van der Waals surface area contributed by atoms with Crippen LogP contribution in [0.3, 0.4) is 0 Å². The lowest BCUT2D eigenvalue weighted by Gasteiger charge is -2.35. The number of ether oxygens (including phenoxy) is 1. The highest BCUT2D eigenvalue weighted by molar-refractivity contribution is 5.92. The second kappa shape index (κ2) is 5.67. The summed E-state index contributed by atoms with van der Waals surface area (Å²) in [5.41, 5.74) is 0. The van der Waals surface area contributed by atoms with Crippen LogP contribution in [0.1, 0.15) is 6.42 Å². The minimum atomic E-state index is 0.00660. The Morgan fingerprint density at radius 3 is 2.78 bits per heavy atom. The van der Waals surface area contributed by atoms with E-state index in [2.05, 4.69) is 5.32 Å². The molecular weight excluding hydrogens is 234 g/mol. The topological polar surface area (TPSA) is 61.9 Å². The number of rotatable bonds is 4. The van der Waals surface area contributed by atoms with Crippen LogP contribution in [0.5, 0.6) is 0 Å². The molecular formula is C12H21N3O3. The summed E-state index contributed by atoms with van der Waals surface area (Å²) in [6.07, 6.45) is 1.02. The van der Waals surface area contributed by atoms with Gasteiger partial charge in [-0.2, -0.15) is 0 Å². The molecule has 1 N–H and O–H groups in total. The van der Waals surface area contributed by atoms with Crippen LogP contribution < -0.4 is 5.32 Å². The molecule has 0 aliphatic carbocycles. The van der Waals surface area contributed by atoms with Crippen LogP contribution >= 0.6 is 0 Å². The van der Waals surface area contributed by atoms with Gasteiger partial charge in [0.25, 0.3) is 0 Å². The van der Waals surface area contributed by atoms with E-state index in [-0.39, 0.29) is 30.9 Å². The maximum Gasteiger partial charge on any atom is 0.242 e. The third-order valence-corrected chi connectivity index (χ3v) is 3.80. The van der Waals surface area contributed by atoms with E-state index in [4.69, 9.17) is 4.74 Å². The highest BCUT2D eigenvalue weighted by atomic mass is 16.5. The van der Waals surface area contributed by atoms with Gasteiger partial charge in [0.1, 0.15) is 0 Å². The van der Waals surface area contributed by atoms with Crippen molar-refractivity contribution < 1.29 is 14.3 Å². The number of hydrogen-bond acceptors (Lipinski definition) is 4. The molecule has 2 heterocycles. The SMILES string of the molecule is CNC(CN1CC(=O)N(C)CC1=O)C1CCOC1. The van der Waals surface area contributed by atoms with Crippen molar-refractivity contribution in [2.24, 2.45) is 5.92 Å². The average Bonchev–Trinajstić information content (AvgIpc) is 2.85. The maximum atomic E-state index is 11.9. The number of carbonyl (C=O) groups excluding carboxylic acids is 2. The monoisotopic (exact) mass is 255 g/mol. The second-order valence-corrected chi connectivity index (χ2v) is 5.04. The zero-order valence-electron chi connectivity index (χ0n) is 11.0. The first kappa shape index (κ1) is 13.3. The molecule has 6 heteroatoms. The van der Waals surface area contributed by atoms with Crippen LogP contribution in [0, 0.1) is 5.92 Å². The molecule has 2 unspecified atom stereocenters. The number of hydrogen-bond donors (Lipinski definition) is 1. The number of amides is 2. The molecule has 6 nitrogen and oxygen atoms in total. The summed E-state index contributed by atoms with van der Waals surface area (Å²) in [6.45, 7) is 2.50. The first-order valence-electron chi connectivity index (χ1n) is 6.38. The smallest absolute Gasteiger partial charge is 0.242 e. The van der Waals surface area contributed by atoms with Crippen LogP contribution in [-0.2, 0) is 14.3 Å². The van der Waals surface area contributed by atoms with Crippen molar-refractivity contribution in [3.05, 3.63) is 0 Å². The first-order valence-corrected chi connectivity index (χ1v) is 6.38. The van der Waals surface area contributed by atoms with E-state index in [0.29, 0.717) is 12.5 Å². The van der Waals surface area contributed by atoms with Gasteiger partial charge in [-0.05, 0) is 13.5 Å². The van der Waals surface area contributed by atoms with Crippen LogP contribution in [-0.4, -0.2) is 74.6 Å². The van der Waals surface area contributed by atoms with Crippen molar-refractivity contribution in [1.29, 1.82) is 0 Å².